The summed E-state index contributed by atoms with van der Waals surface area (Å²) in [4.78, 5) is 0. The summed E-state index contributed by atoms with van der Waals surface area (Å²) in [7, 11) is 0. The van der Waals surface area contributed by atoms with E-state index in [1.54, 1.807) is 0 Å². The molecule has 56 valence electrons. The third-order valence-corrected chi connectivity index (χ3v) is 1.20. The Kier molecular flexibility index (Phi) is 2.79. The van der Waals surface area contributed by atoms with Crippen LogP contribution in [0.2, 0.25) is 0 Å². The minimum Gasteiger partial charge on any atom is -0.269 e. The van der Waals surface area contributed by atoms with Crippen molar-refractivity contribution in [2.45, 2.75) is 12.3 Å². The van der Waals surface area contributed by atoms with Gasteiger partial charge in [-0.2, -0.15) is 0 Å². The Balaban J connectivity index is 0.000000640. The van der Waals surface area contributed by atoms with E-state index in [0.717, 1.165) is 5.01 Å². The Morgan fingerprint density at radius 1 is 1.44 bits per heavy atom. The molecule has 0 aromatic heterocycles. The Labute approximate surface area is 58.4 Å². The number of rotatable bonds is 0. The van der Waals surface area contributed by atoms with Crippen molar-refractivity contribution >= 4 is 12.4 Å². The van der Waals surface area contributed by atoms with E-state index >= 15 is 0 Å². The minimum atomic E-state index is -2.53. The van der Waals surface area contributed by atoms with Crippen molar-refractivity contribution in [2.24, 2.45) is 5.84 Å². The molecule has 1 aliphatic heterocycles. The summed E-state index contributed by atoms with van der Waals surface area (Å²) in [6.45, 7) is 0.0278. The molecule has 0 saturated carbocycles. The topological polar surface area (TPSA) is 29.3 Å². The number of hydrogen-bond acceptors (Lipinski definition) is 2. The van der Waals surface area contributed by atoms with E-state index in [0.29, 0.717) is 6.54 Å². The van der Waals surface area contributed by atoms with Gasteiger partial charge in [0.1, 0.15) is 0 Å². The van der Waals surface area contributed by atoms with Crippen LogP contribution >= 0.6 is 12.4 Å². The van der Waals surface area contributed by atoms with Crippen LogP contribution in [0.3, 0.4) is 0 Å². The lowest BCUT2D eigenvalue weighted by Crippen LogP contribution is -2.30. The largest absolute Gasteiger partial charge is 0.269 e. The van der Waals surface area contributed by atoms with Gasteiger partial charge < -0.3 is 0 Å². The second-order valence-corrected chi connectivity index (χ2v) is 2.08. The van der Waals surface area contributed by atoms with Gasteiger partial charge in [-0.3, -0.25) is 5.84 Å². The van der Waals surface area contributed by atoms with E-state index in [2.05, 4.69) is 0 Å². The molecule has 0 aliphatic carbocycles. The van der Waals surface area contributed by atoms with Crippen molar-refractivity contribution in [3.05, 3.63) is 0 Å². The van der Waals surface area contributed by atoms with E-state index in [9.17, 15) is 8.78 Å². The predicted molar refractivity (Wildman–Crippen MR) is 32.6 cm³/mol. The van der Waals surface area contributed by atoms with Crippen molar-refractivity contribution in [1.29, 1.82) is 0 Å². The standard InChI is InChI=1S/C4H8F2N2.ClH/c5-4(6)1-2-8(7)3-4;/h1-3,7H2;1H. The lowest BCUT2D eigenvalue weighted by molar-refractivity contribution is 0.0122. The van der Waals surface area contributed by atoms with E-state index < -0.39 is 5.92 Å². The third kappa shape index (κ3) is 2.43. The minimum absolute atomic E-state index is 0. The van der Waals surface area contributed by atoms with E-state index in [1.807, 2.05) is 0 Å². The van der Waals surface area contributed by atoms with Gasteiger partial charge in [0.15, 0.2) is 0 Å². The fourth-order valence-corrected chi connectivity index (χ4v) is 0.762. The average molecular weight is 159 g/mol. The first-order valence-electron chi connectivity index (χ1n) is 2.48. The highest BCUT2D eigenvalue weighted by Crippen LogP contribution is 2.24. The van der Waals surface area contributed by atoms with Gasteiger partial charge in [0.25, 0.3) is 5.92 Å². The fraction of sp³-hybridized carbons (Fsp3) is 1.00. The first kappa shape index (κ1) is 9.07. The average Bonchev–Trinajstić information content (AvgIpc) is 1.82. The van der Waals surface area contributed by atoms with E-state index in [-0.39, 0.29) is 25.4 Å². The number of nitrogens with two attached hydrogens (primary N) is 1. The van der Waals surface area contributed by atoms with Crippen LogP contribution in [0, 0.1) is 0 Å². The summed E-state index contributed by atoms with van der Waals surface area (Å²) in [6, 6.07) is 0. The van der Waals surface area contributed by atoms with Crippen LogP contribution in [0.4, 0.5) is 8.78 Å². The molecule has 2 nitrogen and oxygen atoms in total. The molecule has 2 N–H and O–H groups in total. The fourth-order valence-electron chi connectivity index (χ4n) is 0.762. The number of alkyl halides is 2. The summed E-state index contributed by atoms with van der Waals surface area (Å²) in [6.07, 6.45) is -0.0938. The highest BCUT2D eigenvalue weighted by atomic mass is 35.5. The molecule has 1 fully saturated rings. The molecule has 0 bridgehead atoms. The van der Waals surface area contributed by atoms with Crippen LogP contribution in [-0.2, 0) is 0 Å². The third-order valence-electron chi connectivity index (χ3n) is 1.20. The molecule has 5 heteroatoms. The molecule has 0 aromatic carbocycles. The Hall–Kier alpha value is 0.0700. The van der Waals surface area contributed by atoms with Gasteiger partial charge in [-0.25, -0.2) is 13.8 Å². The Bertz CT molecular complexity index is 98.6. The maximum absolute atomic E-state index is 12.1. The molecule has 1 saturated heterocycles. The predicted octanol–water partition coefficient (Wildman–Crippen LogP) is 0.623. The van der Waals surface area contributed by atoms with Crippen LogP contribution in [0.15, 0.2) is 0 Å². The molecule has 1 rings (SSSR count). The molecular weight excluding hydrogens is 150 g/mol. The van der Waals surface area contributed by atoms with Crippen molar-refractivity contribution in [2.75, 3.05) is 13.1 Å². The first-order chi connectivity index (χ1) is 3.60. The highest BCUT2D eigenvalue weighted by Gasteiger charge is 2.36. The molecule has 0 amide bonds. The van der Waals surface area contributed by atoms with Crippen molar-refractivity contribution < 1.29 is 8.78 Å². The normalized spacial score (nSPS) is 25.7. The number of hydrogen-bond donors (Lipinski definition) is 1. The van der Waals surface area contributed by atoms with Gasteiger partial charge in [-0.15, -0.1) is 12.4 Å². The number of halogens is 3. The molecule has 0 radical (unpaired) electrons. The summed E-state index contributed by atoms with van der Waals surface area (Å²) in [5.74, 6) is 2.53. The summed E-state index contributed by atoms with van der Waals surface area (Å²) in [5.41, 5.74) is 0. The quantitative estimate of drug-likeness (QED) is 0.524. The molecule has 9 heavy (non-hydrogen) atoms. The molecule has 1 heterocycles. The van der Waals surface area contributed by atoms with Crippen LogP contribution < -0.4 is 5.84 Å². The van der Waals surface area contributed by atoms with Crippen LogP contribution in [0.25, 0.3) is 0 Å². The summed E-state index contributed by atoms with van der Waals surface area (Å²) < 4.78 is 24.1. The molecular formula is C4H9ClF2N2. The molecule has 0 aromatic rings. The molecule has 0 spiro atoms. The zero-order chi connectivity index (χ0) is 6.20. The summed E-state index contributed by atoms with van der Waals surface area (Å²) in [5, 5.41) is 1.14. The lowest BCUT2D eigenvalue weighted by atomic mass is 10.3. The molecule has 1 aliphatic rings. The zero-order valence-electron chi connectivity index (χ0n) is 4.81. The Morgan fingerprint density at radius 3 is 2.11 bits per heavy atom. The van der Waals surface area contributed by atoms with Crippen molar-refractivity contribution in [1.82, 2.24) is 5.01 Å². The zero-order valence-corrected chi connectivity index (χ0v) is 5.63. The van der Waals surface area contributed by atoms with Gasteiger partial charge in [0.05, 0.1) is 6.54 Å². The van der Waals surface area contributed by atoms with Crippen LogP contribution in [0.5, 0.6) is 0 Å². The van der Waals surface area contributed by atoms with E-state index in [4.69, 9.17) is 5.84 Å². The molecule has 0 atom stereocenters. The van der Waals surface area contributed by atoms with Gasteiger partial charge in [0, 0.05) is 13.0 Å². The SMILES string of the molecule is Cl.NN1CCC(F)(F)C1. The monoisotopic (exact) mass is 158 g/mol. The van der Waals surface area contributed by atoms with E-state index in [1.165, 1.54) is 0 Å². The van der Waals surface area contributed by atoms with Gasteiger partial charge in [0.2, 0.25) is 0 Å². The first-order valence-corrected chi connectivity index (χ1v) is 2.48. The summed E-state index contributed by atoms with van der Waals surface area (Å²) >= 11 is 0. The van der Waals surface area contributed by atoms with Gasteiger partial charge in [-0.1, -0.05) is 0 Å². The second kappa shape index (κ2) is 2.77. The van der Waals surface area contributed by atoms with Gasteiger partial charge in [-0.05, 0) is 0 Å². The van der Waals surface area contributed by atoms with Crippen molar-refractivity contribution in [3.63, 3.8) is 0 Å². The lowest BCUT2D eigenvalue weighted by Gasteiger charge is -2.06. The van der Waals surface area contributed by atoms with Crippen molar-refractivity contribution in [3.8, 4) is 0 Å². The maximum atomic E-state index is 12.1. The second-order valence-electron chi connectivity index (χ2n) is 2.08. The highest BCUT2D eigenvalue weighted by molar-refractivity contribution is 5.85. The van der Waals surface area contributed by atoms with Crippen LogP contribution in [-0.4, -0.2) is 24.0 Å². The molecule has 0 unspecified atom stereocenters. The smallest absolute Gasteiger partial charge is 0.263 e. The van der Waals surface area contributed by atoms with Gasteiger partial charge >= 0.3 is 0 Å². The maximum Gasteiger partial charge on any atom is 0.263 e. The van der Waals surface area contributed by atoms with Crippen LogP contribution in [0.1, 0.15) is 6.42 Å². The Morgan fingerprint density at radius 2 is 2.00 bits per heavy atom. The number of hydrazine groups is 1. The number of nitrogens with zero attached hydrogens (tertiary/aromatic N) is 1.